The third-order valence-corrected chi connectivity index (χ3v) is 6.66. The van der Waals surface area contributed by atoms with E-state index in [1.807, 2.05) is 19.9 Å². The Morgan fingerprint density at radius 2 is 2.09 bits per heavy atom. The molecule has 1 amide bonds. The monoisotopic (exact) mass is 459 g/mol. The van der Waals surface area contributed by atoms with Gasteiger partial charge in [0.2, 0.25) is 0 Å². The Labute approximate surface area is 197 Å². The summed E-state index contributed by atoms with van der Waals surface area (Å²) >= 11 is 0. The van der Waals surface area contributed by atoms with E-state index in [0.717, 1.165) is 12.8 Å². The Morgan fingerprint density at radius 3 is 2.82 bits per heavy atom. The van der Waals surface area contributed by atoms with E-state index in [9.17, 15) is 14.4 Å². The molecular weight excluding hydrogens is 433 g/mol. The molecule has 3 aromatic rings. The number of halogens is 1. The number of hydrogen-bond acceptors (Lipinski definition) is 6. The molecule has 0 saturated carbocycles. The lowest BCUT2D eigenvalue weighted by molar-refractivity contribution is 0.0781. The molecule has 8 nitrogen and oxygen atoms in total. The molecule has 2 bridgehead atoms. The number of aromatic nitrogens is 3. The second-order valence-corrected chi connectivity index (χ2v) is 9.19. The van der Waals surface area contributed by atoms with Crippen LogP contribution in [-0.2, 0) is 6.54 Å². The number of anilines is 2. The number of carbonyl (C=O) groups excluding carboxylic acids is 1. The molecule has 0 spiro atoms. The van der Waals surface area contributed by atoms with E-state index in [1.54, 1.807) is 28.9 Å². The molecule has 2 aliphatic heterocycles. The van der Waals surface area contributed by atoms with Gasteiger partial charge in [-0.1, -0.05) is 0 Å². The first-order valence-corrected chi connectivity index (χ1v) is 11.4. The smallest absolute Gasteiger partial charge is 0.254 e. The van der Waals surface area contributed by atoms with Gasteiger partial charge in [0.1, 0.15) is 23.4 Å². The second kappa shape index (κ2) is 8.13. The molecular formula is C25H26FN7O. The summed E-state index contributed by atoms with van der Waals surface area (Å²) in [6.07, 6.45) is 3.28. The quantitative estimate of drug-likeness (QED) is 0.589. The molecule has 2 N–H and O–H groups in total. The van der Waals surface area contributed by atoms with Crippen molar-refractivity contribution < 1.29 is 9.18 Å². The van der Waals surface area contributed by atoms with Gasteiger partial charge in [0.05, 0.1) is 24.0 Å². The number of benzene rings is 1. The van der Waals surface area contributed by atoms with Gasteiger partial charge in [-0.25, -0.2) is 9.37 Å². The molecule has 34 heavy (non-hydrogen) atoms. The zero-order valence-electron chi connectivity index (χ0n) is 19.4. The van der Waals surface area contributed by atoms with Gasteiger partial charge in [-0.3, -0.25) is 9.48 Å². The number of carbonyl (C=O) groups is 1. The largest absolute Gasteiger partial charge is 0.382 e. The Bertz CT molecular complexity index is 1340. The van der Waals surface area contributed by atoms with Crippen molar-refractivity contribution in [1.82, 2.24) is 19.7 Å². The Balaban J connectivity index is 1.81. The van der Waals surface area contributed by atoms with Gasteiger partial charge in [0.15, 0.2) is 0 Å². The summed E-state index contributed by atoms with van der Waals surface area (Å²) in [6, 6.07) is 8.30. The SMILES string of the molecule is CC(C)n1nc2c(c1C#N)-c1cnc(N)c(c1)N1CCC[C@@H]1c1cc(F)ccc1C(=O)N(C)C2. The molecule has 0 unspecified atom stereocenters. The predicted molar refractivity (Wildman–Crippen MR) is 126 cm³/mol. The minimum atomic E-state index is -0.385. The average molecular weight is 460 g/mol. The number of amides is 1. The highest BCUT2D eigenvalue weighted by molar-refractivity contribution is 5.96. The lowest BCUT2D eigenvalue weighted by Gasteiger charge is -2.30. The molecule has 9 heteroatoms. The van der Waals surface area contributed by atoms with Crippen LogP contribution in [0.25, 0.3) is 11.1 Å². The summed E-state index contributed by atoms with van der Waals surface area (Å²) in [5.41, 5.74) is 10.5. The van der Waals surface area contributed by atoms with Crippen LogP contribution in [0.1, 0.15) is 66.1 Å². The summed E-state index contributed by atoms with van der Waals surface area (Å²) in [5, 5.41) is 14.7. The van der Waals surface area contributed by atoms with Crippen LogP contribution < -0.4 is 10.6 Å². The maximum Gasteiger partial charge on any atom is 0.254 e. The number of nitrogens with two attached hydrogens (primary N) is 1. The van der Waals surface area contributed by atoms with E-state index in [1.165, 1.54) is 12.1 Å². The zero-order chi connectivity index (χ0) is 24.1. The Morgan fingerprint density at radius 1 is 1.29 bits per heavy atom. The normalized spacial score (nSPS) is 17.5. The molecule has 2 aliphatic rings. The maximum atomic E-state index is 14.4. The van der Waals surface area contributed by atoms with Crippen molar-refractivity contribution >= 4 is 17.4 Å². The fourth-order valence-corrected chi connectivity index (χ4v) is 5.09. The molecule has 0 radical (unpaired) electrons. The highest BCUT2D eigenvalue weighted by Gasteiger charge is 2.34. The van der Waals surface area contributed by atoms with E-state index in [2.05, 4.69) is 16.0 Å². The molecule has 0 aliphatic carbocycles. The van der Waals surface area contributed by atoms with E-state index in [0.29, 0.717) is 51.7 Å². The third-order valence-electron chi connectivity index (χ3n) is 6.66. The third kappa shape index (κ3) is 3.37. The summed E-state index contributed by atoms with van der Waals surface area (Å²) in [6.45, 7) is 4.80. The molecule has 174 valence electrons. The minimum absolute atomic E-state index is 0.0493. The number of nitrogens with zero attached hydrogens (tertiary/aromatic N) is 6. The predicted octanol–water partition coefficient (Wildman–Crippen LogP) is 4.05. The first kappa shape index (κ1) is 21.9. The number of pyridine rings is 1. The molecule has 1 aromatic carbocycles. The fraction of sp³-hybridized carbons (Fsp3) is 0.360. The Kier molecular flexibility index (Phi) is 5.24. The van der Waals surface area contributed by atoms with Crippen molar-refractivity contribution in [3.63, 3.8) is 0 Å². The summed E-state index contributed by atoms with van der Waals surface area (Å²) in [4.78, 5) is 21.7. The number of rotatable bonds is 1. The molecule has 1 saturated heterocycles. The molecule has 5 rings (SSSR count). The fourth-order valence-electron chi connectivity index (χ4n) is 5.09. The first-order chi connectivity index (χ1) is 16.3. The summed E-state index contributed by atoms with van der Waals surface area (Å²) in [5.74, 6) is -0.254. The summed E-state index contributed by atoms with van der Waals surface area (Å²) < 4.78 is 16.0. The topological polar surface area (TPSA) is 104 Å². The van der Waals surface area contributed by atoms with Crippen LogP contribution in [0.5, 0.6) is 0 Å². The van der Waals surface area contributed by atoms with Gasteiger partial charge in [0, 0.05) is 42.5 Å². The van der Waals surface area contributed by atoms with Crippen LogP contribution in [0.2, 0.25) is 0 Å². The van der Waals surface area contributed by atoms with Crippen molar-refractivity contribution in [2.24, 2.45) is 0 Å². The van der Waals surface area contributed by atoms with Gasteiger partial charge in [-0.15, -0.1) is 0 Å². The van der Waals surface area contributed by atoms with E-state index >= 15 is 0 Å². The van der Waals surface area contributed by atoms with Gasteiger partial charge >= 0.3 is 0 Å². The molecule has 1 fully saturated rings. The van der Waals surface area contributed by atoms with Crippen LogP contribution in [-0.4, -0.2) is 39.2 Å². The van der Waals surface area contributed by atoms with Gasteiger partial charge < -0.3 is 15.5 Å². The van der Waals surface area contributed by atoms with Crippen molar-refractivity contribution in [3.05, 3.63) is 58.8 Å². The van der Waals surface area contributed by atoms with Crippen molar-refractivity contribution in [3.8, 4) is 17.2 Å². The van der Waals surface area contributed by atoms with Gasteiger partial charge in [-0.2, -0.15) is 10.4 Å². The second-order valence-electron chi connectivity index (χ2n) is 9.19. The highest BCUT2D eigenvalue weighted by Crippen LogP contribution is 2.42. The Hall–Kier alpha value is -3.93. The van der Waals surface area contributed by atoms with Crippen LogP contribution >= 0.6 is 0 Å². The highest BCUT2D eigenvalue weighted by atomic mass is 19.1. The zero-order valence-corrected chi connectivity index (χ0v) is 19.4. The number of nitriles is 1. The maximum absolute atomic E-state index is 14.4. The van der Waals surface area contributed by atoms with Crippen LogP contribution in [0, 0.1) is 17.1 Å². The van der Waals surface area contributed by atoms with Crippen LogP contribution in [0.3, 0.4) is 0 Å². The number of fused-ring (bicyclic) bond motifs is 8. The molecule has 1 atom stereocenters. The lowest BCUT2D eigenvalue weighted by atomic mass is 9.96. The lowest BCUT2D eigenvalue weighted by Crippen LogP contribution is -2.31. The van der Waals surface area contributed by atoms with E-state index < -0.39 is 0 Å². The van der Waals surface area contributed by atoms with Crippen molar-refractivity contribution in [2.45, 2.75) is 45.3 Å². The van der Waals surface area contributed by atoms with E-state index in [4.69, 9.17) is 10.8 Å². The van der Waals surface area contributed by atoms with Crippen molar-refractivity contribution in [2.75, 3.05) is 24.2 Å². The average Bonchev–Trinajstić information content (AvgIpc) is 3.43. The van der Waals surface area contributed by atoms with Gasteiger partial charge in [-0.05, 0) is 56.5 Å². The molecule has 4 heterocycles. The van der Waals surface area contributed by atoms with Gasteiger partial charge in [0.25, 0.3) is 5.91 Å². The summed E-state index contributed by atoms with van der Waals surface area (Å²) in [7, 11) is 1.70. The van der Waals surface area contributed by atoms with E-state index in [-0.39, 0.29) is 30.4 Å². The first-order valence-electron chi connectivity index (χ1n) is 11.4. The minimum Gasteiger partial charge on any atom is -0.382 e. The van der Waals surface area contributed by atoms with Crippen LogP contribution in [0.4, 0.5) is 15.9 Å². The standard InChI is InChI=1S/C25H26FN7O/c1-14(2)33-22(11-27)23-15-9-21(24(28)29-12-15)32-8-4-5-20(32)18-10-16(26)6-7-17(18)25(34)31(3)13-19(23)30-33/h6-7,9-10,12,14,20H,4-5,8,13H2,1-3H3,(H2,28,29)/t20-/m1/s1. The molecule has 2 aromatic heterocycles. The number of hydrogen-bond donors (Lipinski definition) is 1. The van der Waals surface area contributed by atoms with Crippen molar-refractivity contribution in [1.29, 1.82) is 5.26 Å². The van der Waals surface area contributed by atoms with Crippen LogP contribution in [0.15, 0.2) is 30.5 Å². The number of nitrogen functional groups attached to an aromatic ring is 1.